The highest BCUT2D eigenvalue weighted by Crippen LogP contribution is 2.19. The molecule has 1 aromatic carbocycles. The van der Waals surface area contributed by atoms with Gasteiger partial charge in [-0.2, -0.15) is 0 Å². The molecule has 4 nitrogen and oxygen atoms in total. The Hall–Kier alpha value is -1.94. The van der Waals surface area contributed by atoms with Crippen LogP contribution in [0.3, 0.4) is 0 Å². The molecule has 22 heavy (non-hydrogen) atoms. The molecule has 4 heteroatoms. The molecule has 0 heterocycles. The fraction of sp³-hybridized carbons (Fsp3) is 0.444. The lowest BCUT2D eigenvalue weighted by atomic mass is 9.96. The molecule has 0 saturated carbocycles. The Morgan fingerprint density at radius 3 is 2.50 bits per heavy atom. The fourth-order valence-corrected chi connectivity index (χ4v) is 2.34. The van der Waals surface area contributed by atoms with Crippen LogP contribution in [0.25, 0.3) is 0 Å². The van der Waals surface area contributed by atoms with E-state index in [0.29, 0.717) is 12.8 Å². The summed E-state index contributed by atoms with van der Waals surface area (Å²) in [5.41, 5.74) is 0.765. The first kappa shape index (κ1) is 18.1. The zero-order valence-corrected chi connectivity index (χ0v) is 13.3. The molecule has 0 aromatic heterocycles. The second-order valence-electron chi connectivity index (χ2n) is 5.28. The van der Waals surface area contributed by atoms with Gasteiger partial charge in [0.25, 0.3) is 0 Å². The van der Waals surface area contributed by atoms with Crippen molar-refractivity contribution in [2.45, 2.75) is 32.3 Å². The summed E-state index contributed by atoms with van der Waals surface area (Å²) in [6, 6.07) is 9.23. The molecular weight excluding hydrogens is 280 g/mol. The third kappa shape index (κ3) is 6.22. The van der Waals surface area contributed by atoms with Crippen LogP contribution in [0.2, 0.25) is 0 Å². The molecule has 0 spiro atoms. The Balaban J connectivity index is 2.49. The number of carbonyl (C=O) groups is 2. The lowest BCUT2D eigenvalue weighted by Gasteiger charge is -2.17. The Kier molecular flexibility index (Phi) is 8.15. The Morgan fingerprint density at radius 2 is 1.95 bits per heavy atom. The van der Waals surface area contributed by atoms with Gasteiger partial charge in [-0.05, 0) is 31.2 Å². The number of esters is 1. The highest BCUT2D eigenvalue weighted by molar-refractivity contribution is 5.76. The molecule has 0 N–H and O–H groups in total. The maximum atomic E-state index is 12.1. The van der Waals surface area contributed by atoms with E-state index in [4.69, 9.17) is 9.47 Å². The summed E-state index contributed by atoms with van der Waals surface area (Å²) in [4.78, 5) is 23.3. The number of ether oxygens (including phenoxy) is 2. The Morgan fingerprint density at radius 1 is 1.27 bits per heavy atom. The van der Waals surface area contributed by atoms with E-state index < -0.39 is 12.1 Å². The molecule has 2 unspecified atom stereocenters. The van der Waals surface area contributed by atoms with Crippen molar-refractivity contribution in [3.63, 3.8) is 0 Å². The van der Waals surface area contributed by atoms with E-state index >= 15 is 0 Å². The molecule has 2 atom stereocenters. The zero-order chi connectivity index (χ0) is 16.4. The molecule has 120 valence electrons. The van der Waals surface area contributed by atoms with Gasteiger partial charge < -0.3 is 14.3 Å². The average molecular weight is 304 g/mol. The second kappa shape index (κ2) is 9.90. The molecule has 1 aromatic rings. The minimum atomic E-state index is -0.716. The topological polar surface area (TPSA) is 52.6 Å². The highest BCUT2D eigenvalue weighted by atomic mass is 16.6. The maximum Gasteiger partial charge on any atom is 0.339 e. The number of hydrogen-bond donors (Lipinski definition) is 0. The number of allylic oxidation sites excluding steroid dienone is 1. The van der Waals surface area contributed by atoms with Gasteiger partial charge in [-0.15, -0.1) is 6.58 Å². The van der Waals surface area contributed by atoms with E-state index in [9.17, 15) is 9.59 Å². The molecule has 0 aliphatic heterocycles. The van der Waals surface area contributed by atoms with Gasteiger partial charge in [-0.1, -0.05) is 36.4 Å². The molecule has 1 rings (SSSR count). The van der Waals surface area contributed by atoms with E-state index in [0.717, 1.165) is 12.0 Å². The number of benzene rings is 1. The van der Waals surface area contributed by atoms with Crippen molar-refractivity contribution in [1.29, 1.82) is 0 Å². The van der Waals surface area contributed by atoms with E-state index in [1.54, 1.807) is 13.0 Å². The molecule has 0 amide bonds. The van der Waals surface area contributed by atoms with Crippen molar-refractivity contribution in [2.24, 2.45) is 5.92 Å². The highest BCUT2D eigenvalue weighted by Gasteiger charge is 2.21. The Labute approximate surface area is 132 Å². The monoisotopic (exact) mass is 304 g/mol. The smallest absolute Gasteiger partial charge is 0.339 e. The molecule has 0 fully saturated rings. The normalized spacial score (nSPS) is 13.2. The van der Waals surface area contributed by atoms with Gasteiger partial charge in [0.1, 0.15) is 5.78 Å². The van der Waals surface area contributed by atoms with Crippen LogP contribution in [0.15, 0.2) is 43.0 Å². The summed E-state index contributed by atoms with van der Waals surface area (Å²) in [6.07, 6.45) is 2.94. The zero-order valence-electron chi connectivity index (χ0n) is 13.3. The van der Waals surface area contributed by atoms with Gasteiger partial charge in [-0.3, -0.25) is 0 Å². The van der Waals surface area contributed by atoms with Gasteiger partial charge in [0, 0.05) is 13.5 Å². The van der Waals surface area contributed by atoms with Crippen molar-refractivity contribution in [3.05, 3.63) is 48.6 Å². The standard InChI is InChI=1S/C18H24O4/c1-4-8-15(13-14(2)19)11-12-22-18(20)17(21-3)16-9-6-5-7-10-16/h4-7,9-10,15,17H,1,8,11-13H2,2-3H3. The van der Waals surface area contributed by atoms with Gasteiger partial charge in [0.15, 0.2) is 6.10 Å². The SMILES string of the molecule is C=CCC(CCOC(=O)C(OC)c1ccccc1)CC(C)=O. The minimum absolute atomic E-state index is 0.136. The van der Waals surface area contributed by atoms with E-state index in [1.807, 2.05) is 30.3 Å². The van der Waals surface area contributed by atoms with Crippen LogP contribution in [0.5, 0.6) is 0 Å². The quantitative estimate of drug-likeness (QED) is 0.490. The lowest BCUT2D eigenvalue weighted by Crippen LogP contribution is -2.19. The predicted molar refractivity (Wildman–Crippen MR) is 85.4 cm³/mol. The van der Waals surface area contributed by atoms with Crippen molar-refractivity contribution >= 4 is 11.8 Å². The number of carbonyl (C=O) groups excluding carboxylic acids is 2. The predicted octanol–water partition coefficient (Wildman–Crippen LogP) is 3.48. The van der Waals surface area contributed by atoms with Crippen LogP contribution in [-0.4, -0.2) is 25.5 Å². The summed E-state index contributed by atoms with van der Waals surface area (Å²) in [6.45, 7) is 5.54. The third-order valence-electron chi connectivity index (χ3n) is 3.40. The van der Waals surface area contributed by atoms with E-state index in [2.05, 4.69) is 6.58 Å². The van der Waals surface area contributed by atoms with Crippen LogP contribution < -0.4 is 0 Å². The molecular formula is C18H24O4. The number of Topliss-reactive ketones (excluding diaryl/α,β-unsaturated/α-hetero) is 1. The molecule has 0 aliphatic carbocycles. The van der Waals surface area contributed by atoms with Crippen molar-refractivity contribution in [1.82, 2.24) is 0 Å². The molecule has 0 saturated heterocycles. The molecule has 0 aliphatic rings. The first-order valence-electron chi connectivity index (χ1n) is 7.43. The number of hydrogen-bond acceptors (Lipinski definition) is 4. The third-order valence-corrected chi connectivity index (χ3v) is 3.40. The first-order chi connectivity index (χ1) is 10.6. The van der Waals surface area contributed by atoms with Crippen LogP contribution in [0.4, 0.5) is 0 Å². The molecule has 0 radical (unpaired) electrons. The van der Waals surface area contributed by atoms with Crippen LogP contribution in [-0.2, 0) is 19.1 Å². The number of methoxy groups -OCH3 is 1. The summed E-state index contributed by atoms with van der Waals surface area (Å²) in [5, 5.41) is 0. The van der Waals surface area contributed by atoms with Crippen molar-refractivity contribution < 1.29 is 19.1 Å². The van der Waals surface area contributed by atoms with Crippen LogP contribution in [0.1, 0.15) is 37.9 Å². The fourth-order valence-electron chi connectivity index (χ4n) is 2.34. The van der Waals surface area contributed by atoms with Crippen LogP contribution in [0, 0.1) is 5.92 Å². The first-order valence-corrected chi connectivity index (χ1v) is 7.43. The summed E-state index contributed by atoms with van der Waals surface area (Å²) < 4.78 is 10.5. The largest absolute Gasteiger partial charge is 0.463 e. The minimum Gasteiger partial charge on any atom is -0.463 e. The van der Waals surface area contributed by atoms with Gasteiger partial charge >= 0.3 is 5.97 Å². The molecule has 0 bridgehead atoms. The average Bonchev–Trinajstić information content (AvgIpc) is 2.48. The van der Waals surface area contributed by atoms with E-state index in [-0.39, 0.29) is 18.3 Å². The summed E-state index contributed by atoms with van der Waals surface area (Å²) >= 11 is 0. The van der Waals surface area contributed by atoms with Gasteiger partial charge in [-0.25, -0.2) is 4.79 Å². The summed E-state index contributed by atoms with van der Waals surface area (Å²) in [7, 11) is 1.48. The van der Waals surface area contributed by atoms with Crippen molar-refractivity contribution in [2.75, 3.05) is 13.7 Å². The Bertz CT molecular complexity index is 481. The maximum absolute atomic E-state index is 12.1. The van der Waals surface area contributed by atoms with Crippen LogP contribution >= 0.6 is 0 Å². The summed E-state index contributed by atoms with van der Waals surface area (Å²) in [5.74, 6) is -0.105. The lowest BCUT2D eigenvalue weighted by molar-refractivity contribution is -0.156. The number of ketones is 1. The van der Waals surface area contributed by atoms with E-state index in [1.165, 1.54) is 7.11 Å². The van der Waals surface area contributed by atoms with Crippen molar-refractivity contribution in [3.8, 4) is 0 Å². The number of rotatable bonds is 10. The second-order valence-corrected chi connectivity index (χ2v) is 5.28. The van der Waals surface area contributed by atoms with Gasteiger partial charge in [0.05, 0.1) is 6.61 Å². The van der Waals surface area contributed by atoms with Gasteiger partial charge in [0.2, 0.25) is 0 Å².